The molecule has 6 saturated heterocycles. The number of likely N-dealkylation sites (tertiary alicyclic amines) is 2. The van der Waals surface area contributed by atoms with E-state index in [1.807, 2.05) is 0 Å². The fourth-order valence-electron chi connectivity index (χ4n) is 9.88. The van der Waals surface area contributed by atoms with E-state index >= 15 is 0 Å². The summed E-state index contributed by atoms with van der Waals surface area (Å²) < 4.78 is 70.8. The maximum atomic E-state index is 14.4. The van der Waals surface area contributed by atoms with Crippen molar-refractivity contribution in [2.45, 2.75) is 86.3 Å². The number of amides is 4. The summed E-state index contributed by atoms with van der Waals surface area (Å²) >= 11 is 0. The number of carbonyl (C=O) groups excluding carboxylic acids is 4. The molecule has 0 N–H and O–H groups in total. The van der Waals surface area contributed by atoms with Crippen LogP contribution >= 0.6 is 0 Å². The highest BCUT2D eigenvalue weighted by atomic mass is 32.2. The molecular formula is C38H48N6O10S2. The lowest BCUT2D eigenvalue weighted by molar-refractivity contribution is -0.152. The third-order valence-corrected chi connectivity index (χ3v) is 16.3. The average Bonchev–Trinajstić information content (AvgIpc) is 3.88. The Morgan fingerprint density at radius 2 is 0.893 bits per heavy atom. The molecule has 6 fully saturated rings. The van der Waals surface area contributed by atoms with Gasteiger partial charge in [-0.1, -0.05) is 25.0 Å². The van der Waals surface area contributed by atoms with Gasteiger partial charge in [-0.2, -0.15) is 8.61 Å². The van der Waals surface area contributed by atoms with Gasteiger partial charge in [0.25, 0.3) is 0 Å². The molecular weight excluding hydrogens is 765 g/mol. The van der Waals surface area contributed by atoms with Gasteiger partial charge in [-0.05, 0) is 74.9 Å². The lowest BCUT2D eigenvalue weighted by Crippen LogP contribution is -2.50. The Labute approximate surface area is 327 Å². The summed E-state index contributed by atoms with van der Waals surface area (Å²) in [4.78, 5) is 59.7. The van der Waals surface area contributed by atoms with Gasteiger partial charge in [0, 0.05) is 39.3 Å². The number of carbonyl (C=O) groups is 4. The van der Waals surface area contributed by atoms with Gasteiger partial charge in [-0.25, -0.2) is 26.9 Å². The van der Waals surface area contributed by atoms with E-state index in [-0.39, 0.29) is 34.4 Å². The van der Waals surface area contributed by atoms with Crippen molar-refractivity contribution in [2.75, 3.05) is 53.5 Å². The topological polar surface area (TPSA) is 174 Å². The van der Waals surface area contributed by atoms with Crippen LogP contribution in [0.2, 0.25) is 0 Å². The maximum absolute atomic E-state index is 14.4. The second kappa shape index (κ2) is 14.5. The van der Waals surface area contributed by atoms with Crippen LogP contribution in [0.1, 0.15) is 75.6 Å². The molecule has 6 heterocycles. The Kier molecular flexibility index (Phi) is 10.0. The summed E-state index contributed by atoms with van der Waals surface area (Å²) in [5.41, 5.74) is 0.714. The number of hydrogen-bond donors (Lipinski definition) is 0. The summed E-state index contributed by atoms with van der Waals surface area (Å²) in [6.07, 6.45) is 4.66. The number of sulfonamides is 2. The lowest BCUT2D eigenvalue weighted by Gasteiger charge is -2.36. The summed E-state index contributed by atoms with van der Waals surface area (Å²) in [7, 11) is -5.38. The number of piperidine rings is 2. The molecule has 0 radical (unpaired) electrons. The van der Waals surface area contributed by atoms with Crippen LogP contribution in [0.4, 0.5) is 0 Å². The van der Waals surface area contributed by atoms with Crippen LogP contribution in [-0.4, -0.2) is 134 Å². The lowest BCUT2D eigenvalue weighted by atomic mass is 9.84. The minimum absolute atomic E-state index is 0.0716. The molecule has 0 aromatic heterocycles. The molecule has 0 saturated carbocycles. The van der Waals surface area contributed by atoms with Gasteiger partial charge in [-0.15, -0.1) is 0 Å². The number of benzene rings is 2. The highest BCUT2D eigenvalue weighted by Gasteiger charge is 2.73. The number of ether oxygens (including phenoxy) is 2. The molecule has 6 unspecified atom stereocenters. The van der Waals surface area contributed by atoms with Gasteiger partial charge in [0.15, 0.2) is 0 Å². The number of hydrogen-bond acceptors (Lipinski definition) is 12. The van der Waals surface area contributed by atoms with Gasteiger partial charge in [0.05, 0.1) is 38.1 Å². The fraction of sp³-hybridized carbons (Fsp3) is 0.579. The Morgan fingerprint density at radius 3 is 1.21 bits per heavy atom. The number of hydrazine groups is 1. The van der Waals surface area contributed by atoms with E-state index in [0.29, 0.717) is 63.0 Å². The van der Waals surface area contributed by atoms with Crippen LogP contribution < -0.4 is 9.47 Å². The van der Waals surface area contributed by atoms with Crippen molar-refractivity contribution < 1.29 is 45.5 Å². The van der Waals surface area contributed by atoms with Crippen molar-refractivity contribution in [1.82, 2.24) is 28.4 Å². The number of fused-ring (bicyclic) bond motifs is 5. The highest BCUT2D eigenvalue weighted by Crippen LogP contribution is 2.59. The Hall–Kier alpha value is -3.94. The van der Waals surface area contributed by atoms with E-state index in [4.69, 9.17) is 9.47 Å². The minimum Gasteiger partial charge on any atom is -0.495 e. The third-order valence-electron chi connectivity index (χ3n) is 12.5. The van der Waals surface area contributed by atoms with E-state index in [9.17, 15) is 36.0 Å². The SMILES string of the molecule is CCN1C(=O)C2C(C1=O)N1C(c3ccc(OC)c(S(=O)(=O)N4CCCCC4)c3)C3C(=O)N(CC)C(=O)C3N1C2c1ccc(OC)c(S(=O)(=O)N2CCCCC2)c1. The van der Waals surface area contributed by atoms with Gasteiger partial charge < -0.3 is 9.47 Å². The summed E-state index contributed by atoms with van der Waals surface area (Å²) in [5.74, 6) is -3.96. The number of imide groups is 2. The molecule has 302 valence electrons. The summed E-state index contributed by atoms with van der Waals surface area (Å²) in [6.45, 7) is 4.88. The van der Waals surface area contributed by atoms with Crippen LogP contribution in [0, 0.1) is 11.8 Å². The molecule has 2 aromatic carbocycles. The number of rotatable bonds is 10. The first-order valence-corrected chi connectivity index (χ1v) is 22.3. The largest absolute Gasteiger partial charge is 0.495 e. The molecule has 2 aromatic rings. The van der Waals surface area contributed by atoms with Gasteiger partial charge in [-0.3, -0.25) is 29.0 Å². The van der Waals surface area contributed by atoms with Crippen molar-refractivity contribution in [2.24, 2.45) is 11.8 Å². The van der Waals surface area contributed by atoms with E-state index in [0.717, 1.165) is 22.6 Å². The van der Waals surface area contributed by atoms with Crippen LogP contribution in [0.15, 0.2) is 46.2 Å². The van der Waals surface area contributed by atoms with E-state index in [1.54, 1.807) is 36.0 Å². The smallest absolute Gasteiger partial charge is 0.248 e. The van der Waals surface area contributed by atoms with Gasteiger partial charge in [0.1, 0.15) is 33.4 Å². The Bertz CT molecular complexity index is 2040. The first-order valence-electron chi connectivity index (χ1n) is 19.5. The maximum Gasteiger partial charge on any atom is 0.248 e. The molecule has 6 aliphatic rings. The quantitative estimate of drug-likeness (QED) is 0.321. The molecule has 0 aliphatic carbocycles. The molecule has 4 amide bonds. The fourth-order valence-corrected chi connectivity index (χ4v) is 13.3. The second-order valence-corrected chi connectivity index (χ2v) is 19.0. The molecule has 56 heavy (non-hydrogen) atoms. The second-order valence-electron chi connectivity index (χ2n) is 15.2. The molecule has 8 rings (SSSR count). The number of likely N-dealkylation sites (N-methyl/N-ethyl adjacent to an activating group) is 2. The summed E-state index contributed by atoms with van der Waals surface area (Å²) in [6, 6.07) is 4.83. The van der Waals surface area contributed by atoms with E-state index < -0.39 is 79.7 Å². The van der Waals surface area contributed by atoms with Crippen molar-refractivity contribution in [3.8, 4) is 11.5 Å². The molecule has 0 bridgehead atoms. The van der Waals surface area contributed by atoms with Gasteiger partial charge >= 0.3 is 0 Å². The summed E-state index contributed by atoms with van der Waals surface area (Å²) in [5, 5.41) is 3.29. The Morgan fingerprint density at radius 1 is 0.536 bits per heavy atom. The van der Waals surface area contributed by atoms with E-state index in [2.05, 4.69) is 0 Å². The molecule has 18 heteroatoms. The van der Waals surface area contributed by atoms with Gasteiger partial charge in [0.2, 0.25) is 43.7 Å². The van der Waals surface area contributed by atoms with E-state index in [1.165, 1.54) is 47.1 Å². The zero-order chi connectivity index (χ0) is 39.8. The first kappa shape index (κ1) is 38.9. The number of methoxy groups -OCH3 is 2. The molecule has 0 spiro atoms. The van der Waals surface area contributed by atoms with Crippen LogP contribution in [-0.2, 0) is 39.2 Å². The van der Waals surface area contributed by atoms with Crippen molar-refractivity contribution >= 4 is 43.7 Å². The van der Waals surface area contributed by atoms with Crippen molar-refractivity contribution in [1.29, 1.82) is 0 Å². The van der Waals surface area contributed by atoms with Crippen LogP contribution in [0.5, 0.6) is 11.5 Å². The average molecular weight is 813 g/mol. The predicted octanol–water partition coefficient (Wildman–Crippen LogP) is 2.13. The normalized spacial score (nSPS) is 29.3. The highest BCUT2D eigenvalue weighted by molar-refractivity contribution is 7.89. The standard InChI is InChI=1S/C38H48N6O10S2/c1-5-41-35(45)29-31(23-13-15-25(53-3)27(21-23)55(49,50)39-17-9-7-10-18-39)44-34-30(36(46)42(6-2)38(34)48)32(43(44)33(29)37(41)47)24-14-16-26(54-4)28(22-24)56(51,52)40-19-11-8-12-20-40/h13-16,21-22,29-34H,5-12,17-20H2,1-4H3. The molecule has 6 atom stereocenters. The zero-order valence-corrected chi connectivity index (χ0v) is 33.6. The van der Waals surface area contributed by atoms with Crippen molar-refractivity contribution in [3.05, 3.63) is 47.5 Å². The van der Waals surface area contributed by atoms with Crippen molar-refractivity contribution in [3.63, 3.8) is 0 Å². The minimum atomic E-state index is -4.07. The monoisotopic (exact) mass is 812 g/mol. The number of nitrogens with zero attached hydrogens (tertiary/aromatic N) is 6. The predicted molar refractivity (Wildman–Crippen MR) is 200 cm³/mol. The van der Waals surface area contributed by atoms with Crippen LogP contribution in [0.25, 0.3) is 0 Å². The van der Waals surface area contributed by atoms with Crippen LogP contribution in [0.3, 0.4) is 0 Å². The third kappa shape index (κ3) is 5.65. The molecule has 16 nitrogen and oxygen atoms in total. The Balaban J connectivity index is 1.32. The zero-order valence-electron chi connectivity index (χ0n) is 32.0. The first-order chi connectivity index (χ1) is 26.8. The molecule has 6 aliphatic heterocycles.